The Hall–Kier alpha value is -3.91. The number of aliphatic hydroxyl groups is 1. The van der Waals surface area contributed by atoms with Crippen molar-refractivity contribution >= 4 is 34.4 Å². The van der Waals surface area contributed by atoms with Crippen LogP contribution >= 0.6 is 0 Å². The molecule has 8 heteroatoms. The van der Waals surface area contributed by atoms with Crippen LogP contribution in [0.3, 0.4) is 0 Å². The molecule has 0 saturated heterocycles. The molecule has 3 amide bonds. The van der Waals surface area contributed by atoms with Crippen LogP contribution in [0.15, 0.2) is 60.7 Å². The van der Waals surface area contributed by atoms with Crippen molar-refractivity contribution < 1.29 is 24.2 Å². The van der Waals surface area contributed by atoms with Crippen LogP contribution in [0.25, 0.3) is 10.8 Å². The molecule has 3 N–H and O–H groups in total. The van der Waals surface area contributed by atoms with E-state index in [4.69, 9.17) is 4.74 Å². The minimum absolute atomic E-state index is 0.161. The molecule has 0 aliphatic carbocycles. The van der Waals surface area contributed by atoms with Gasteiger partial charge in [-0.1, -0.05) is 54.1 Å². The maximum atomic E-state index is 13.8. The SMILES string of the molecule is CCN(C(=O)C(CO)NC(=O)OC(C)(C)C)C(C(=O)Nc1ccc2ccccc2c1)c1ccc(C)cc1C. The van der Waals surface area contributed by atoms with E-state index in [9.17, 15) is 19.5 Å². The summed E-state index contributed by atoms with van der Waals surface area (Å²) in [4.78, 5) is 41.2. The van der Waals surface area contributed by atoms with Crippen molar-refractivity contribution in [1.29, 1.82) is 0 Å². The van der Waals surface area contributed by atoms with Gasteiger partial charge in [-0.2, -0.15) is 0 Å². The van der Waals surface area contributed by atoms with Crippen molar-refractivity contribution in [2.45, 2.75) is 59.2 Å². The third kappa shape index (κ3) is 7.10. The molecular formula is C30H37N3O5. The average Bonchev–Trinajstić information content (AvgIpc) is 2.84. The van der Waals surface area contributed by atoms with Gasteiger partial charge in [0.1, 0.15) is 17.7 Å². The number of benzene rings is 3. The van der Waals surface area contributed by atoms with Gasteiger partial charge in [-0.05, 0) is 75.6 Å². The van der Waals surface area contributed by atoms with Crippen molar-refractivity contribution in [2.75, 3.05) is 18.5 Å². The summed E-state index contributed by atoms with van der Waals surface area (Å²) in [5.74, 6) is -1.00. The first-order valence-electron chi connectivity index (χ1n) is 12.7. The van der Waals surface area contributed by atoms with Gasteiger partial charge in [-0.15, -0.1) is 0 Å². The topological polar surface area (TPSA) is 108 Å². The first-order chi connectivity index (χ1) is 17.9. The zero-order valence-corrected chi connectivity index (χ0v) is 22.9. The van der Waals surface area contributed by atoms with Gasteiger partial charge in [0.2, 0.25) is 5.91 Å². The van der Waals surface area contributed by atoms with Crippen molar-refractivity contribution in [3.63, 3.8) is 0 Å². The second-order valence-electron chi connectivity index (χ2n) is 10.3. The molecule has 2 atom stereocenters. The lowest BCUT2D eigenvalue weighted by Crippen LogP contribution is -2.53. The fraction of sp³-hybridized carbons (Fsp3) is 0.367. The van der Waals surface area contributed by atoms with Crippen LogP contribution < -0.4 is 10.6 Å². The molecule has 0 aromatic heterocycles. The number of likely N-dealkylation sites (N-methyl/N-ethyl adjacent to an activating group) is 1. The lowest BCUT2D eigenvalue weighted by Gasteiger charge is -2.34. The molecule has 3 rings (SSSR count). The van der Waals surface area contributed by atoms with E-state index in [1.807, 2.05) is 74.5 Å². The molecule has 0 aliphatic rings. The summed E-state index contributed by atoms with van der Waals surface area (Å²) >= 11 is 0. The summed E-state index contributed by atoms with van der Waals surface area (Å²) in [6.45, 7) is 10.2. The molecule has 2 unspecified atom stereocenters. The van der Waals surface area contributed by atoms with Gasteiger partial charge >= 0.3 is 6.09 Å². The van der Waals surface area contributed by atoms with Gasteiger partial charge in [0.05, 0.1) is 6.61 Å². The first kappa shape index (κ1) is 28.7. The summed E-state index contributed by atoms with van der Waals surface area (Å²) < 4.78 is 5.26. The maximum Gasteiger partial charge on any atom is 0.408 e. The van der Waals surface area contributed by atoms with E-state index < -0.39 is 42.2 Å². The van der Waals surface area contributed by atoms with Gasteiger partial charge < -0.3 is 25.4 Å². The fourth-order valence-corrected chi connectivity index (χ4v) is 4.36. The number of alkyl carbamates (subject to hydrolysis) is 1. The molecular weight excluding hydrogens is 482 g/mol. The molecule has 0 aliphatic heterocycles. The second-order valence-corrected chi connectivity index (χ2v) is 10.3. The zero-order chi connectivity index (χ0) is 28.0. The molecule has 0 radical (unpaired) electrons. The monoisotopic (exact) mass is 519 g/mol. The van der Waals surface area contributed by atoms with Crippen LogP contribution in [0.4, 0.5) is 10.5 Å². The highest BCUT2D eigenvalue weighted by Gasteiger charge is 2.36. The number of fused-ring (bicyclic) bond motifs is 1. The highest BCUT2D eigenvalue weighted by atomic mass is 16.6. The molecule has 0 bridgehead atoms. The highest BCUT2D eigenvalue weighted by Crippen LogP contribution is 2.28. The number of aliphatic hydroxyl groups excluding tert-OH is 1. The number of carbonyl (C=O) groups is 3. The molecule has 0 fully saturated rings. The van der Waals surface area contributed by atoms with Crippen LogP contribution in [0, 0.1) is 13.8 Å². The molecule has 202 valence electrons. The second kappa shape index (κ2) is 12.1. The first-order valence-corrected chi connectivity index (χ1v) is 12.7. The minimum atomic E-state index is -1.29. The molecule has 8 nitrogen and oxygen atoms in total. The van der Waals surface area contributed by atoms with Crippen molar-refractivity contribution in [2.24, 2.45) is 0 Å². The lowest BCUT2D eigenvalue weighted by molar-refractivity contribution is -0.141. The van der Waals surface area contributed by atoms with E-state index >= 15 is 0 Å². The van der Waals surface area contributed by atoms with Crippen LogP contribution in [-0.2, 0) is 14.3 Å². The number of anilines is 1. The molecule has 0 heterocycles. The van der Waals surface area contributed by atoms with Gasteiger partial charge in [0, 0.05) is 12.2 Å². The van der Waals surface area contributed by atoms with Crippen molar-refractivity contribution in [1.82, 2.24) is 10.2 Å². The summed E-state index contributed by atoms with van der Waals surface area (Å²) in [6, 6.07) is 16.8. The third-order valence-corrected chi connectivity index (χ3v) is 6.09. The number of hydrogen-bond acceptors (Lipinski definition) is 5. The smallest absolute Gasteiger partial charge is 0.408 e. The third-order valence-electron chi connectivity index (χ3n) is 6.09. The number of amides is 3. The lowest BCUT2D eigenvalue weighted by atomic mass is 9.96. The van der Waals surface area contributed by atoms with E-state index in [2.05, 4.69) is 10.6 Å². The number of ether oxygens (including phenoxy) is 1. The van der Waals surface area contributed by atoms with Crippen LogP contribution in [0.5, 0.6) is 0 Å². The van der Waals surface area contributed by atoms with Crippen LogP contribution in [-0.4, -0.2) is 52.7 Å². The van der Waals surface area contributed by atoms with Gasteiger partial charge in [-0.3, -0.25) is 9.59 Å². The van der Waals surface area contributed by atoms with Gasteiger partial charge in [0.15, 0.2) is 0 Å². The standard InChI is InChI=1S/C30H37N3O5/c1-7-33(28(36)25(18-34)32-29(37)38-30(4,5)6)26(24-15-12-19(2)16-20(24)3)27(35)31-23-14-13-21-10-8-9-11-22(21)17-23/h8-17,25-26,34H,7,18H2,1-6H3,(H,31,35)(H,32,37). The minimum Gasteiger partial charge on any atom is -0.444 e. The van der Waals surface area contributed by atoms with E-state index in [0.29, 0.717) is 11.3 Å². The Kier molecular flexibility index (Phi) is 9.12. The molecule has 3 aromatic carbocycles. The summed E-state index contributed by atoms with van der Waals surface area (Å²) in [5.41, 5.74) is 2.33. The summed E-state index contributed by atoms with van der Waals surface area (Å²) in [7, 11) is 0. The summed E-state index contributed by atoms with van der Waals surface area (Å²) in [5, 5.41) is 17.4. The largest absolute Gasteiger partial charge is 0.444 e. The Labute approximate surface area is 224 Å². The van der Waals surface area contributed by atoms with Gasteiger partial charge in [0.25, 0.3) is 5.91 Å². The normalized spacial score (nSPS) is 12.9. The van der Waals surface area contributed by atoms with Gasteiger partial charge in [-0.25, -0.2) is 4.79 Å². The highest BCUT2D eigenvalue weighted by molar-refractivity contribution is 6.00. The quantitative estimate of drug-likeness (QED) is 0.394. The predicted molar refractivity (Wildman–Crippen MR) is 149 cm³/mol. The molecule has 0 saturated carbocycles. The summed E-state index contributed by atoms with van der Waals surface area (Å²) in [6.07, 6.45) is -0.829. The molecule has 3 aromatic rings. The van der Waals surface area contributed by atoms with Crippen molar-refractivity contribution in [3.8, 4) is 0 Å². The number of rotatable bonds is 8. The average molecular weight is 520 g/mol. The van der Waals surface area contributed by atoms with E-state index in [-0.39, 0.29) is 6.54 Å². The number of carbonyl (C=O) groups excluding carboxylic acids is 3. The predicted octanol–water partition coefficient (Wildman–Crippen LogP) is 4.87. The molecule has 0 spiro atoms. The Balaban J connectivity index is 1.96. The van der Waals surface area contributed by atoms with Crippen molar-refractivity contribution in [3.05, 3.63) is 77.4 Å². The van der Waals surface area contributed by atoms with Crippen LogP contribution in [0.1, 0.15) is 50.4 Å². The number of aryl methyl sites for hydroxylation is 2. The Bertz CT molecular complexity index is 1310. The van der Waals surface area contributed by atoms with E-state index in [1.165, 1.54) is 4.90 Å². The number of nitrogens with one attached hydrogen (secondary N) is 2. The van der Waals surface area contributed by atoms with E-state index in [1.54, 1.807) is 27.7 Å². The molecule has 38 heavy (non-hydrogen) atoms. The van der Waals surface area contributed by atoms with E-state index in [0.717, 1.165) is 21.9 Å². The Morgan fingerprint density at radius 3 is 2.26 bits per heavy atom. The number of nitrogens with zero attached hydrogens (tertiary/aromatic N) is 1. The Morgan fingerprint density at radius 1 is 0.974 bits per heavy atom. The fourth-order valence-electron chi connectivity index (χ4n) is 4.36. The number of hydrogen-bond donors (Lipinski definition) is 3. The van der Waals surface area contributed by atoms with Crippen LogP contribution in [0.2, 0.25) is 0 Å². The Morgan fingerprint density at radius 2 is 1.66 bits per heavy atom. The zero-order valence-electron chi connectivity index (χ0n) is 22.9. The maximum absolute atomic E-state index is 13.8.